The first kappa shape index (κ1) is 15.8. The number of carboxylic acid groups (broad SMARTS) is 1. The third-order valence-electron chi connectivity index (χ3n) is 5.13. The summed E-state index contributed by atoms with van der Waals surface area (Å²) in [7, 11) is 0. The maximum Gasteiger partial charge on any atom is 0.321 e. The fourth-order valence-electron chi connectivity index (χ4n) is 4.16. The van der Waals surface area contributed by atoms with Gasteiger partial charge in [0.15, 0.2) is 0 Å². The number of aliphatic hydroxyl groups excluding tert-OH is 1. The Morgan fingerprint density at radius 3 is 2.55 bits per heavy atom. The summed E-state index contributed by atoms with van der Waals surface area (Å²) in [6.45, 7) is 5.36. The van der Waals surface area contributed by atoms with Crippen LogP contribution in [0.4, 0.5) is 0 Å². The summed E-state index contributed by atoms with van der Waals surface area (Å²) in [5.41, 5.74) is -0.211. The molecule has 0 radical (unpaired) electrons. The summed E-state index contributed by atoms with van der Waals surface area (Å²) in [6, 6.07) is -0.463. The molecule has 2 aliphatic rings. The topological polar surface area (TPSA) is 60.8 Å². The molecule has 0 bridgehead atoms. The van der Waals surface area contributed by atoms with Gasteiger partial charge in [0.1, 0.15) is 6.04 Å². The highest BCUT2D eigenvalue weighted by Gasteiger charge is 2.42. The number of β-amino-alcohol motifs (C(OH)–C–C–N with tert-alkyl or cyclic N) is 1. The number of hydrogen-bond donors (Lipinski definition) is 2. The third-order valence-corrected chi connectivity index (χ3v) is 5.13. The summed E-state index contributed by atoms with van der Waals surface area (Å²) in [6.07, 6.45) is 7.44. The van der Waals surface area contributed by atoms with Gasteiger partial charge >= 0.3 is 5.97 Å². The molecular weight excluding hydrogens is 254 g/mol. The number of piperidine rings is 1. The Balaban J connectivity index is 1.93. The van der Waals surface area contributed by atoms with Gasteiger partial charge in [-0.15, -0.1) is 0 Å². The number of carbonyl (C=O) groups is 1. The number of likely N-dealkylation sites (tertiary alicyclic amines) is 1. The van der Waals surface area contributed by atoms with Gasteiger partial charge in [0.2, 0.25) is 0 Å². The van der Waals surface area contributed by atoms with Gasteiger partial charge in [-0.2, -0.15) is 0 Å². The monoisotopic (exact) mass is 283 g/mol. The predicted molar refractivity (Wildman–Crippen MR) is 78.6 cm³/mol. The molecule has 0 aromatic carbocycles. The zero-order chi connectivity index (χ0) is 14.8. The number of aliphatic carboxylic acids is 1. The zero-order valence-electron chi connectivity index (χ0n) is 12.8. The molecule has 1 aliphatic carbocycles. The van der Waals surface area contributed by atoms with E-state index in [2.05, 4.69) is 0 Å². The molecule has 0 aromatic rings. The lowest BCUT2D eigenvalue weighted by molar-refractivity contribution is -0.151. The number of aliphatic hydroxyl groups is 1. The van der Waals surface area contributed by atoms with Crippen LogP contribution in [-0.2, 0) is 4.79 Å². The first-order valence-electron chi connectivity index (χ1n) is 8.05. The van der Waals surface area contributed by atoms with Crippen LogP contribution in [-0.4, -0.2) is 46.3 Å². The van der Waals surface area contributed by atoms with E-state index in [1.165, 1.54) is 25.7 Å². The van der Waals surface area contributed by atoms with Crippen molar-refractivity contribution in [2.45, 2.75) is 70.9 Å². The Kier molecular flexibility index (Phi) is 5.08. The number of nitrogens with zero attached hydrogens (tertiary/aromatic N) is 1. The molecular formula is C16H29NO3. The Labute approximate surface area is 122 Å². The van der Waals surface area contributed by atoms with Gasteiger partial charge in [0, 0.05) is 6.54 Å². The summed E-state index contributed by atoms with van der Waals surface area (Å²) in [4.78, 5) is 13.6. The van der Waals surface area contributed by atoms with Crippen LogP contribution in [0.15, 0.2) is 0 Å². The van der Waals surface area contributed by atoms with E-state index >= 15 is 0 Å². The SMILES string of the molecule is CC1(C)CCCN(CC(O)CC2CCCC2)C1C(=O)O. The highest BCUT2D eigenvalue weighted by molar-refractivity contribution is 5.74. The van der Waals surface area contributed by atoms with E-state index in [9.17, 15) is 15.0 Å². The molecule has 1 aliphatic heterocycles. The minimum Gasteiger partial charge on any atom is -0.480 e. The summed E-state index contributed by atoms with van der Waals surface area (Å²) < 4.78 is 0. The van der Waals surface area contributed by atoms with E-state index in [1.807, 2.05) is 18.7 Å². The molecule has 4 heteroatoms. The number of carboxylic acids is 1. The number of hydrogen-bond acceptors (Lipinski definition) is 3. The van der Waals surface area contributed by atoms with Gasteiger partial charge < -0.3 is 10.2 Å². The van der Waals surface area contributed by atoms with Gasteiger partial charge in [-0.25, -0.2) is 0 Å². The second-order valence-corrected chi connectivity index (χ2v) is 7.37. The molecule has 2 N–H and O–H groups in total. The van der Waals surface area contributed by atoms with Gasteiger partial charge in [0.05, 0.1) is 6.10 Å². The quantitative estimate of drug-likeness (QED) is 0.814. The normalized spacial score (nSPS) is 29.4. The van der Waals surface area contributed by atoms with Crippen molar-refractivity contribution in [3.8, 4) is 0 Å². The molecule has 1 heterocycles. The van der Waals surface area contributed by atoms with E-state index in [4.69, 9.17) is 0 Å². The van der Waals surface area contributed by atoms with Crippen molar-refractivity contribution in [1.82, 2.24) is 4.90 Å². The Morgan fingerprint density at radius 2 is 1.95 bits per heavy atom. The fourth-order valence-corrected chi connectivity index (χ4v) is 4.16. The molecule has 2 fully saturated rings. The van der Waals surface area contributed by atoms with Crippen molar-refractivity contribution < 1.29 is 15.0 Å². The zero-order valence-corrected chi connectivity index (χ0v) is 12.8. The second kappa shape index (κ2) is 6.44. The van der Waals surface area contributed by atoms with Gasteiger partial charge in [-0.1, -0.05) is 39.5 Å². The molecule has 0 amide bonds. The first-order chi connectivity index (χ1) is 9.40. The standard InChI is InChI=1S/C16H29NO3/c1-16(2)8-5-9-17(14(16)15(19)20)11-13(18)10-12-6-3-4-7-12/h12-14,18H,3-11H2,1-2H3,(H,19,20). The largest absolute Gasteiger partial charge is 0.480 e. The lowest BCUT2D eigenvalue weighted by Gasteiger charge is -2.44. The van der Waals surface area contributed by atoms with E-state index < -0.39 is 12.0 Å². The van der Waals surface area contributed by atoms with Crippen LogP contribution in [0.1, 0.15) is 58.8 Å². The van der Waals surface area contributed by atoms with Crippen molar-refractivity contribution in [1.29, 1.82) is 0 Å². The molecule has 0 aromatic heterocycles. The maximum absolute atomic E-state index is 11.6. The molecule has 20 heavy (non-hydrogen) atoms. The van der Waals surface area contributed by atoms with Crippen LogP contribution >= 0.6 is 0 Å². The molecule has 0 spiro atoms. The second-order valence-electron chi connectivity index (χ2n) is 7.37. The Hall–Kier alpha value is -0.610. The van der Waals surface area contributed by atoms with Crippen molar-refractivity contribution in [3.05, 3.63) is 0 Å². The van der Waals surface area contributed by atoms with Gasteiger partial charge in [-0.05, 0) is 37.1 Å². The van der Waals surface area contributed by atoms with Crippen LogP contribution in [0.5, 0.6) is 0 Å². The van der Waals surface area contributed by atoms with Crippen molar-refractivity contribution >= 4 is 5.97 Å². The summed E-state index contributed by atoms with van der Waals surface area (Å²) in [5.74, 6) is -0.103. The average molecular weight is 283 g/mol. The predicted octanol–water partition coefficient (Wildman–Crippen LogP) is 2.50. The molecule has 2 unspecified atom stereocenters. The van der Waals surface area contributed by atoms with Crippen molar-refractivity contribution in [3.63, 3.8) is 0 Å². The average Bonchev–Trinajstić information content (AvgIpc) is 2.79. The van der Waals surface area contributed by atoms with E-state index in [0.717, 1.165) is 25.8 Å². The highest BCUT2D eigenvalue weighted by Crippen LogP contribution is 2.36. The van der Waals surface area contributed by atoms with E-state index in [1.54, 1.807) is 0 Å². The van der Waals surface area contributed by atoms with Gasteiger partial charge in [-0.3, -0.25) is 9.69 Å². The summed E-state index contributed by atoms with van der Waals surface area (Å²) in [5, 5.41) is 19.8. The molecule has 1 saturated carbocycles. The molecule has 116 valence electrons. The molecule has 2 atom stereocenters. The highest BCUT2D eigenvalue weighted by atomic mass is 16.4. The molecule has 4 nitrogen and oxygen atoms in total. The van der Waals surface area contributed by atoms with Crippen LogP contribution in [0.2, 0.25) is 0 Å². The first-order valence-corrected chi connectivity index (χ1v) is 8.05. The Morgan fingerprint density at radius 1 is 1.30 bits per heavy atom. The van der Waals surface area contributed by atoms with Crippen LogP contribution in [0.25, 0.3) is 0 Å². The van der Waals surface area contributed by atoms with Crippen molar-refractivity contribution in [2.75, 3.05) is 13.1 Å². The van der Waals surface area contributed by atoms with Crippen molar-refractivity contribution in [2.24, 2.45) is 11.3 Å². The van der Waals surface area contributed by atoms with E-state index in [0.29, 0.717) is 12.5 Å². The van der Waals surface area contributed by atoms with E-state index in [-0.39, 0.29) is 11.5 Å². The minimum absolute atomic E-state index is 0.211. The smallest absolute Gasteiger partial charge is 0.321 e. The number of rotatable bonds is 5. The van der Waals surface area contributed by atoms with Crippen LogP contribution < -0.4 is 0 Å². The molecule has 2 rings (SSSR count). The maximum atomic E-state index is 11.6. The van der Waals surface area contributed by atoms with Gasteiger partial charge in [0.25, 0.3) is 0 Å². The van der Waals surface area contributed by atoms with Crippen LogP contribution in [0, 0.1) is 11.3 Å². The Bertz CT molecular complexity index is 337. The lowest BCUT2D eigenvalue weighted by atomic mass is 9.76. The molecule has 1 saturated heterocycles. The third kappa shape index (κ3) is 3.73. The summed E-state index contributed by atoms with van der Waals surface area (Å²) >= 11 is 0. The van der Waals surface area contributed by atoms with Crippen LogP contribution in [0.3, 0.4) is 0 Å². The fraction of sp³-hybridized carbons (Fsp3) is 0.938. The minimum atomic E-state index is -0.747. The lowest BCUT2D eigenvalue weighted by Crippen LogP contribution is -2.56.